The van der Waals surface area contributed by atoms with Gasteiger partial charge in [-0.05, 0) is 18.4 Å². The van der Waals surface area contributed by atoms with E-state index in [1.165, 1.54) is 4.90 Å². The van der Waals surface area contributed by atoms with Crippen LogP contribution in [0.1, 0.15) is 12.0 Å². The summed E-state index contributed by atoms with van der Waals surface area (Å²) >= 11 is 0. The molecule has 0 unspecified atom stereocenters. The molecule has 0 radical (unpaired) electrons. The molecule has 6 nitrogen and oxygen atoms in total. The molecule has 2 atom stereocenters. The summed E-state index contributed by atoms with van der Waals surface area (Å²) in [5, 5.41) is 7.83. The Balaban J connectivity index is 2.16. The summed E-state index contributed by atoms with van der Waals surface area (Å²) in [6.07, 6.45) is 1.51. The van der Waals surface area contributed by atoms with E-state index in [0.29, 0.717) is 6.42 Å². The molecule has 1 aromatic rings. The number of carboxylic acids is 1. The van der Waals surface area contributed by atoms with Gasteiger partial charge in [0.25, 0.3) is 0 Å². The molecule has 2 rings (SSSR count). The lowest BCUT2D eigenvalue weighted by Crippen LogP contribution is -2.43. The first-order valence-corrected chi connectivity index (χ1v) is 8.99. The van der Waals surface area contributed by atoms with E-state index in [-0.39, 0.29) is 19.5 Å². The fourth-order valence-corrected chi connectivity index (χ4v) is 3.63. The molecule has 1 heterocycles. The molecule has 1 aliphatic rings. The first kappa shape index (κ1) is 16.5. The summed E-state index contributed by atoms with van der Waals surface area (Å²) in [5.41, 5.74) is 0.764. The number of amides is 1. The summed E-state index contributed by atoms with van der Waals surface area (Å²) in [6.45, 7) is 0.367. The maximum atomic E-state index is 12.5. The number of likely N-dealkylation sites (tertiary alicyclic amines) is 1. The number of hydrogen-bond acceptors (Lipinski definition) is 4. The third-order valence-electron chi connectivity index (χ3n) is 3.91. The van der Waals surface area contributed by atoms with E-state index >= 15 is 0 Å². The molecule has 0 aromatic heterocycles. The zero-order chi connectivity index (χ0) is 16.3. The van der Waals surface area contributed by atoms with Crippen LogP contribution >= 0.6 is 0 Å². The normalized spacial score (nSPS) is 19.9. The van der Waals surface area contributed by atoms with Crippen LogP contribution in [0.25, 0.3) is 0 Å². The molecule has 22 heavy (non-hydrogen) atoms. The maximum Gasteiger partial charge on any atom is 0.308 e. The number of carbonyl (C=O) groups is 2. The third-order valence-corrected chi connectivity index (χ3v) is 5.31. The molecule has 1 aliphatic heterocycles. The Kier molecular flexibility index (Phi) is 4.85. The van der Waals surface area contributed by atoms with Crippen molar-refractivity contribution in [1.82, 2.24) is 4.90 Å². The van der Waals surface area contributed by atoms with Crippen LogP contribution in [-0.4, -0.2) is 54.9 Å². The van der Waals surface area contributed by atoms with Crippen molar-refractivity contribution < 1.29 is 23.1 Å². The molecule has 0 spiro atoms. The molecule has 0 aliphatic carbocycles. The number of sulfone groups is 1. The average Bonchev–Trinajstić information content (AvgIpc) is 2.94. The van der Waals surface area contributed by atoms with Gasteiger partial charge in [-0.1, -0.05) is 30.3 Å². The van der Waals surface area contributed by atoms with E-state index < -0.39 is 32.9 Å². The topological polar surface area (TPSA) is 91.8 Å². The highest BCUT2D eigenvalue weighted by molar-refractivity contribution is 7.92. The van der Waals surface area contributed by atoms with Crippen LogP contribution in [0, 0.1) is 5.92 Å². The van der Waals surface area contributed by atoms with Crippen molar-refractivity contribution in [3.05, 3.63) is 35.9 Å². The minimum absolute atomic E-state index is 0.0783. The molecule has 7 heteroatoms. The van der Waals surface area contributed by atoms with Gasteiger partial charge in [0.05, 0.1) is 5.92 Å². The van der Waals surface area contributed by atoms with Crippen molar-refractivity contribution in [2.75, 3.05) is 19.3 Å². The molecule has 0 bridgehead atoms. The SMILES string of the molecule is CS(=O)(=O)[C@H](Cc1ccccc1)C(=O)N1CC[C@@H](C(=O)O)C1. The second-order valence-corrected chi connectivity index (χ2v) is 7.84. The minimum Gasteiger partial charge on any atom is -0.481 e. The van der Waals surface area contributed by atoms with Crippen LogP contribution in [-0.2, 0) is 25.8 Å². The van der Waals surface area contributed by atoms with Gasteiger partial charge < -0.3 is 10.0 Å². The fraction of sp³-hybridized carbons (Fsp3) is 0.467. The van der Waals surface area contributed by atoms with Crippen molar-refractivity contribution >= 4 is 21.7 Å². The Morgan fingerprint density at radius 3 is 2.45 bits per heavy atom. The molecule has 120 valence electrons. The zero-order valence-corrected chi connectivity index (χ0v) is 13.1. The standard InChI is InChI=1S/C15H19NO5S/c1-22(20,21)13(9-11-5-3-2-4-6-11)14(17)16-8-7-12(10-16)15(18)19/h2-6,12-13H,7-10H2,1H3,(H,18,19)/t12-,13-/m1/s1. The first-order valence-electron chi connectivity index (χ1n) is 7.03. The summed E-state index contributed by atoms with van der Waals surface area (Å²) in [6, 6.07) is 8.94. The van der Waals surface area contributed by atoms with Gasteiger partial charge in [0.2, 0.25) is 5.91 Å². The highest BCUT2D eigenvalue weighted by Crippen LogP contribution is 2.20. The fourth-order valence-electron chi connectivity index (χ4n) is 2.62. The maximum absolute atomic E-state index is 12.5. The summed E-state index contributed by atoms with van der Waals surface area (Å²) in [7, 11) is -3.58. The van der Waals surface area contributed by atoms with E-state index in [2.05, 4.69) is 0 Å². The van der Waals surface area contributed by atoms with Gasteiger partial charge in [0, 0.05) is 19.3 Å². The number of rotatable bonds is 5. The van der Waals surface area contributed by atoms with Gasteiger partial charge in [-0.15, -0.1) is 0 Å². The number of carbonyl (C=O) groups excluding carboxylic acids is 1. The zero-order valence-electron chi connectivity index (χ0n) is 12.3. The van der Waals surface area contributed by atoms with Gasteiger partial charge in [0.1, 0.15) is 5.25 Å². The summed E-state index contributed by atoms with van der Waals surface area (Å²) in [5.74, 6) is -2.06. The van der Waals surface area contributed by atoms with Gasteiger partial charge in [-0.3, -0.25) is 9.59 Å². The molecule has 1 N–H and O–H groups in total. The van der Waals surface area contributed by atoms with Gasteiger partial charge >= 0.3 is 5.97 Å². The van der Waals surface area contributed by atoms with Crippen LogP contribution in [0.15, 0.2) is 30.3 Å². The quantitative estimate of drug-likeness (QED) is 0.855. The molecular formula is C15H19NO5S. The Morgan fingerprint density at radius 1 is 1.32 bits per heavy atom. The van der Waals surface area contributed by atoms with Crippen LogP contribution in [0.4, 0.5) is 0 Å². The number of carboxylic acid groups (broad SMARTS) is 1. The van der Waals surface area contributed by atoms with Crippen molar-refractivity contribution in [3.63, 3.8) is 0 Å². The molecule has 1 amide bonds. The molecule has 1 saturated heterocycles. The third kappa shape index (κ3) is 3.85. The minimum atomic E-state index is -3.58. The van der Waals surface area contributed by atoms with Gasteiger partial charge in [0.15, 0.2) is 9.84 Å². The lowest BCUT2D eigenvalue weighted by Gasteiger charge is -2.22. The van der Waals surface area contributed by atoms with E-state index in [1.807, 2.05) is 6.07 Å². The predicted molar refractivity (Wildman–Crippen MR) is 81.1 cm³/mol. The highest BCUT2D eigenvalue weighted by atomic mass is 32.2. The number of nitrogens with zero attached hydrogens (tertiary/aromatic N) is 1. The molecular weight excluding hydrogens is 306 g/mol. The number of aliphatic carboxylic acids is 1. The van der Waals surface area contributed by atoms with E-state index in [1.54, 1.807) is 24.3 Å². The van der Waals surface area contributed by atoms with E-state index in [9.17, 15) is 18.0 Å². The first-order chi connectivity index (χ1) is 10.3. The van der Waals surface area contributed by atoms with E-state index in [0.717, 1.165) is 11.8 Å². The molecule has 1 aromatic carbocycles. The van der Waals surface area contributed by atoms with Crippen LogP contribution in [0.2, 0.25) is 0 Å². The highest BCUT2D eigenvalue weighted by Gasteiger charge is 2.37. The smallest absolute Gasteiger partial charge is 0.308 e. The molecule has 0 saturated carbocycles. The summed E-state index contributed by atoms with van der Waals surface area (Å²) < 4.78 is 24.0. The average molecular weight is 325 g/mol. The predicted octanol–water partition coefficient (Wildman–Crippen LogP) is 0.575. The van der Waals surface area contributed by atoms with Crippen molar-refractivity contribution in [2.24, 2.45) is 5.92 Å². The lowest BCUT2D eigenvalue weighted by atomic mass is 10.1. The Labute approximate surface area is 129 Å². The van der Waals surface area contributed by atoms with Gasteiger partial charge in [-0.25, -0.2) is 8.42 Å². The number of benzene rings is 1. The Hall–Kier alpha value is -1.89. The Bertz CT molecular complexity index is 656. The monoisotopic (exact) mass is 325 g/mol. The van der Waals surface area contributed by atoms with Crippen LogP contribution in [0.5, 0.6) is 0 Å². The second kappa shape index (κ2) is 6.48. The van der Waals surface area contributed by atoms with Gasteiger partial charge in [-0.2, -0.15) is 0 Å². The van der Waals surface area contributed by atoms with Crippen molar-refractivity contribution in [2.45, 2.75) is 18.1 Å². The summed E-state index contributed by atoms with van der Waals surface area (Å²) in [4.78, 5) is 24.8. The van der Waals surface area contributed by atoms with Crippen molar-refractivity contribution in [1.29, 1.82) is 0 Å². The van der Waals surface area contributed by atoms with Crippen LogP contribution in [0.3, 0.4) is 0 Å². The largest absolute Gasteiger partial charge is 0.481 e. The number of hydrogen-bond donors (Lipinski definition) is 1. The second-order valence-electron chi connectivity index (χ2n) is 5.62. The molecule has 1 fully saturated rings. The van der Waals surface area contributed by atoms with Crippen molar-refractivity contribution in [3.8, 4) is 0 Å². The van der Waals surface area contributed by atoms with E-state index in [4.69, 9.17) is 5.11 Å². The Morgan fingerprint density at radius 2 is 1.95 bits per heavy atom. The van der Waals surface area contributed by atoms with Crippen LogP contribution < -0.4 is 0 Å². The lowest BCUT2D eigenvalue weighted by molar-refractivity contribution is -0.141.